The molecule has 4 heteroatoms. The lowest BCUT2D eigenvalue weighted by atomic mass is 9.88. The highest BCUT2D eigenvalue weighted by Gasteiger charge is 2.26. The molecule has 0 amide bonds. The standard InChI is InChI=1S/C6H13N3O/c7-4-1-2-5(8)6(3-4)9-10/h4-6H,1-3,7-8H2. The number of nitrogens with two attached hydrogens (primary N) is 2. The maximum Gasteiger partial charge on any atom is 0.108 e. The Bertz CT molecular complexity index is 128. The van der Waals surface area contributed by atoms with Gasteiger partial charge in [0.1, 0.15) is 6.04 Å². The van der Waals surface area contributed by atoms with Gasteiger partial charge in [0, 0.05) is 12.1 Å². The van der Waals surface area contributed by atoms with E-state index in [2.05, 4.69) is 5.18 Å². The van der Waals surface area contributed by atoms with Crippen LogP contribution >= 0.6 is 0 Å². The predicted octanol–water partition coefficient (Wildman–Crippen LogP) is -0.0401. The molecule has 0 spiro atoms. The third kappa shape index (κ3) is 1.52. The summed E-state index contributed by atoms with van der Waals surface area (Å²) >= 11 is 0. The minimum absolute atomic E-state index is 0.0581. The van der Waals surface area contributed by atoms with Gasteiger partial charge in [0.05, 0.1) is 0 Å². The average Bonchev–Trinajstić information content (AvgIpc) is 1.94. The van der Waals surface area contributed by atoms with E-state index < -0.39 is 0 Å². The molecule has 0 saturated heterocycles. The lowest BCUT2D eigenvalue weighted by Gasteiger charge is -2.26. The second-order valence-corrected chi connectivity index (χ2v) is 2.91. The van der Waals surface area contributed by atoms with Gasteiger partial charge in [0.25, 0.3) is 0 Å². The number of hydrogen-bond donors (Lipinski definition) is 2. The maximum atomic E-state index is 10.1. The molecule has 1 aliphatic carbocycles. The van der Waals surface area contributed by atoms with E-state index in [1.807, 2.05) is 0 Å². The quantitative estimate of drug-likeness (QED) is 0.505. The van der Waals surface area contributed by atoms with Gasteiger partial charge in [-0.2, -0.15) is 4.91 Å². The largest absolute Gasteiger partial charge is 0.328 e. The molecule has 0 radical (unpaired) electrons. The normalized spacial score (nSPS) is 41.2. The lowest BCUT2D eigenvalue weighted by Crippen LogP contribution is -2.43. The van der Waals surface area contributed by atoms with Crippen LogP contribution in [-0.2, 0) is 0 Å². The van der Waals surface area contributed by atoms with Crippen LogP contribution in [0.2, 0.25) is 0 Å². The van der Waals surface area contributed by atoms with E-state index in [0.29, 0.717) is 6.42 Å². The highest BCUT2D eigenvalue weighted by molar-refractivity contribution is 4.88. The molecule has 0 aromatic carbocycles. The van der Waals surface area contributed by atoms with Crippen LogP contribution in [0.15, 0.2) is 5.18 Å². The van der Waals surface area contributed by atoms with Crippen molar-refractivity contribution in [1.82, 2.24) is 0 Å². The lowest BCUT2D eigenvalue weighted by molar-refractivity contribution is 0.347. The van der Waals surface area contributed by atoms with Crippen molar-refractivity contribution < 1.29 is 0 Å². The Morgan fingerprint density at radius 2 is 2.00 bits per heavy atom. The Balaban J connectivity index is 2.45. The first kappa shape index (κ1) is 7.63. The molecule has 1 rings (SSSR count). The summed E-state index contributed by atoms with van der Waals surface area (Å²) in [6.45, 7) is 0. The summed E-state index contributed by atoms with van der Waals surface area (Å²) in [5.41, 5.74) is 11.2. The number of nitroso groups, excluding NO2 is 1. The fourth-order valence-corrected chi connectivity index (χ4v) is 1.32. The topological polar surface area (TPSA) is 81.5 Å². The first-order valence-electron chi connectivity index (χ1n) is 3.57. The molecule has 10 heavy (non-hydrogen) atoms. The van der Waals surface area contributed by atoms with Crippen molar-refractivity contribution in [2.24, 2.45) is 16.6 Å². The van der Waals surface area contributed by atoms with Crippen molar-refractivity contribution in [3.8, 4) is 0 Å². The molecule has 3 unspecified atom stereocenters. The van der Waals surface area contributed by atoms with E-state index in [4.69, 9.17) is 11.5 Å². The minimum Gasteiger partial charge on any atom is -0.328 e. The van der Waals surface area contributed by atoms with Gasteiger partial charge in [-0.15, -0.1) is 0 Å². The van der Waals surface area contributed by atoms with Crippen LogP contribution in [0.1, 0.15) is 19.3 Å². The fourth-order valence-electron chi connectivity index (χ4n) is 1.32. The zero-order chi connectivity index (χ0) is 7.56. The van der Waals surface area contributed by atoms with Crippen molar-refractivity contribution in [3.05, 3.63) is 4.91 Å². The molecule has 3 atom stereocenters. The predicted molar refractivity (Wildman–Crippen MR) is 39.4 cm³/mol. The Morgan fingerprint density at radius 1 is 1.30 bits per heavy atom. The minimum atomic E-state index is -0.247. The van der Waals surface area contributed by atoms with Crippen molar-refractivity contribution >= 4 is 0 Å². The van der Waals surface area contributed by atoms with E-state index in [-0.39, 0.29) is 18.1 Å². The summed E-state index contributed by atoms with van der Waals surface area (Å²) in [6.07, 6.45) is 2.41. The number of nitrogens with zero attached hydrogens (tertiary/aromatic N) is 1. The van der Waals surface area contributed by atoms with Crippen LogP contribution in [0.3, 0.4) is 0 Å². The number of rotatable bonds is 1. The third-order valence-electron chi connectivity index (χ3n) is 2.04. The van der Waals surface area contributed by atoms with Gasteiger partial charge >= 0.3 is 0 Å². The van der Waals surface area contributed by atoms with Gasteiger partial charge in [-0.25, -0.2) is 0 Å². The highest BCUT2D eigenvalue weighted by Crippen LogP contribution is 2.18. The molecule has 0 aliphatic heterocycles. The summed E-state index contributed by atoms with van der Waals surface area (Å²) in [5, 5.41) is 2.92. The summed E-state index contributed by atoms with van der Waals surface area (Å²) in [5.74, 6) is 0. The van der Waals surface area contributed by atoms with E-state index >= 15 is 0 Å². The zero-order valence-electron chi connectivity index (χ0n) is 5.86. The van der Waals surface area contributed by atoms with Gasteiger partial charge in [0.2, 0.25) is 0 Å². The first-order valence-corrected chi connectivity index (χ1v) is 3.57. The van der Waals surface area contributed by atoms with Crippen LogP contribution in [0, 0.1) is 4.91 Å². The molecular weight excluding hydrogens is 130 g/mol. The van der Waals surface area contributed by atoms with E-state index in [0.717, 1.165) is 12.8 Å². The van der Waals surface area contributed by atoms with E-state index in [1.165, 1.54) is 0 Å². The summed E-state index contributed by atoms with van der Waals surface area (Å²) < 4.78 is 0. The van der Waals surface area contributed by atoms with Gasteiger partial charge in [-0.05, 0) is 19.3 Å². The molecule has 1 saturated carbocycles. The molecule has 4 nitrogen and oxygen atoms in total. The molecular formula is C6H13N3O. The zero-order valence-corrected chi connectivity index (χ0v) is 5.86. The Kier molecular flexibility index (Phi) is 2.34. The third-order valence-corrected chi connectivity index (χ3v) is 2.04. The molecule has 4 N–H and O–H groups in total. The molecule has 1 aliphatic rings. The average molecular weight is 143 g/mol. The Labute approximate surface area is 59.9 Å². The smallest absolute Gasteiger partial charge is 0.108 e. The van der Waals surface area contributed by atoms with Crippen molar-refractivity contribution in [3.63, 3.8) is 0 Å². The van der Waals surface area contributed by atoms with Gasteiger partial charge in [-0.1, -0.05) is 5.18 Å². The van der Waals surface area contributed by atoms with Crippen LogP contribution in [0.4, 0.5) is 0 Å². The van der Waals surface area contributed by atoms with Gasteiger partial charge in [0.15, 0.2) is 0 Å². The Morgan fingerprint density at radius 3 is 2.50 bits per heavy atom. The highest BCUT2D eigenvalue weighted by atomic mass is 16.3. The maximum absolute atomic E-state index is 10.1. The molecule has 0 aromatic rings. The van der Waals surface area contributed by atoms with Crippen LogP contribution in [0.5, 0.6) is 0 Å². The van der Waals surface area contributed by atoms with Crippen LogP contribution < -0.4 is 11.5 Å². The fraction of sp³-hybridized carbons (Fsp3) is 1.00. The molecule has 58 valence electrons. The first-order chi connectivity index (χ1) is 4.74. The van der Waals surface area contributed by atoms with Gasteiger partial charge in [-0.3, -0.25) is 0 Å². The Hall–Kier alpha value is -0.480. The van der Waals surface area contributed by atoms with Gasteiger partial charge < -0.3 is 11.5 Å². The molecule has 0 heterocycles. The van der Waals surface area contributed by atoms with E-state index in [9.17, 15) is 4.91 Å². The second-order valence-electron chi connectivity index (χ2n) is 2.91. The summed E-state index contributed by atoms with van der Waals surface area (Å²) in [7, 11) is 0. The molecule has 0 bridgehead atoms. The van der Waals surface area contributed by atoms with Crippen molar-refractivity contribution in [1.29, 1.82) is 0 Å². The van der Waals surface area contributed by atoms with Crippen LogP contribution in [0.25, 0.3) is 0 Å². The van der Waals surface area contributed by atoms with Crippen LogP contribution in [-0.4, -0.2) is 18.1 Å². The van der Waals surface area contributed by atoms with Crippen molar-refractivity contribution in [2.75, 3.05) is 0 Å². The van der Waals surface area contributed by atoms with Crippen molar-refractivity contribution in [2.45, 2.75) is 37.4 Å². The SMILES string of the molecule is NC1CCC(N)C(N=O)C1. The number of hydrogen-bond acceptors (Lipinski definition) is 4. The van der Waals surface area contributed by atoms with E-state index in [1.54, 1.807) is 0 Å². The monoisotopic (exact) mass is 143 g/mol. The molecule has 1 fully saturated rings. The summed E-state index contributed by atoms with van der Waals surface area (Å²) in [4.78, 5) is 10.1. The molecule has 0 aromatic heterocycles. The summed E-state index contributed by atoms with van der Waals surface area (Å²) in [6, 6.07) is -0.177. The second kappa shape index (κ2) is 3.07.